The maximum absolute atomic E-state index is 11.5. The number of hydrogen-bond acceptors (Lipinski definition) is 3. The van der Waals surface area contributed by atoms with Crippen molar-refractivity contribution < 1.29 is 9.47 Å². The summed E-state index contributed by atoms with van der Waals surface area (Å²) >= 11 is 3.46. The largest absolute Gasteiger partial charge is 0.619 e. The average Bonchev–Trinajstić information content (AvgIpc) is 3.04. The smallest absolute Gasteiger partial charge is 0.195 e. The average molecular weight is 413 g/mol. The van der Waals surface area contributed by atoms with Crippen LogP contribution in [0.3, 0.4) is 0 Å². The number of pyridine rings is 1. The van der Waals surface area contributed by atoms with E-state index in [1.54, 1.807) is 6.20 Å². The lowest BCUT2D eigenvalue weighted by atomic mass is 10.1. The molecule has 4 rings (SSSR count). The minimum Gasteiger partial charge on any atom is -0.619 e. The Labute approximate surface area is 161 Å². The van der Waals surface area contributed by atoms with E-state index < -0.39 is 0 Å². The van der Waals surface area contributed by atoms with Crippen LogP contribution in [0.2, 0.25) is 0 Å². The Kier molecular flexibility index (Phi) is 5.20. The highest BCUT2D eigenvalue weighted by Crippen LogP contribution is 2.24. The van der Waals surface area contributed by atoms with Crippen molar-refractivity contribution in [3.05, 3.63) is 81.2 Å². The summed E-state index contributed by atoms with van der Waals surface area (Å²) in [5.41, 5.74) is 4.03. The van der Waals surface area contributed by atoms with Crippen molar-refractivity contribution in [2.75, 3.05) is 13.2 Å². The van der Waals surface area contributed by atoms with Gasteiger partial charge in [0.05, 0.1) is 11.1 Å². The van der Waals surface area contributed by atoms with Crippen molar-refractivity contribution in [2.24, 2.45) is 0 Å². The van der Waals surface area contributed by atoms with Crippen LogP contribution in [0, 0.1) is 5.21 Å². The third kappa shape index (κ3) is 3.90. The fraction of sp³-hybridized carbons (Fsp3) is 0.286. The van der Waals surface area contributed by atoms with Gasteiger partial charge in [-0.05, 0) is 51.2 Å². The molecule has 0 spiro atoms. The van der Waals surface area contributed by atoms with Crippen LogP contribution in [-0.2, 0) is 24.4 Å². The fourth-order valence-electron chi connectivity index (χ4n) is 3.51. The molecule has 0 bridgehead atoms. The quantitative estimate of drug-likeness (QED) is 0.346. The number of halogens is 1. The molecule has 2 heterocycles. The molecule has 0 amide bonds. The minimum absolute atomic E-state index is 0.592. The van der Waals surface area contributed by atoms with Gasteiger partial charge in [0.2, 0.25) is 0 Å². The second-order valence-electron chi connectivity index (χ2n) is 6.77. The van der Waals surface area contributed by atoms with Crippen LogP contribution in [0.5, 0.6) is 0 Å². The van der Waals surface area contributed by atoms with Crippen LogP contribution in [-0.4, -0.2) is 18.1 Å². The Hall–Kier alpha value is -1.95. The number of rotatable bonds is 6. The SMILES string of the molecule is [O-][n+]1cc(Br)c2cc(COCCCN3Cc4ccccc4C3)ccc2c1. The van der Waals surface area contributed by atoms with Gasteiger partial charge in [-0.25, -0.2) is 0 Å². The third-order valence-corrected chi connectivity index (χ3v) is 5.45. The summed E-state index contributed by atoms with van der Waals surface area (Å²) in [6, 6.07) is 14.7. The molecule has 0 saturated heterocycles. The zero-order valence-electron chi connectivity index (χ0n) is 14.5. The van der Waals surface area contributed by atoms with E-state index in [1.165, 1.54) is 17.3 Å². The molecule has 26 heavy (non-hydrogen) atoms. The second kappa shape index (κ2) is 7.74. The van der Waals surface area contributed by atoms with E-state index in [4.69, 9.17) is 4.74 Å². The molecule has 134 valence electrons. The molecule has 0 atom stereocenters. The zero-order valence-corrected chi connectivity index (χ0v) is 16.1. The Balaban J connectivity index is 1.25. The molecule has 2 aromatic carbocycles. The topological polar surface area (TPSA) is 39.4 Å². The lowest BCUT2D eigenvalue weighted by Crippen LogP contribution is -2.24. The molecule has 0 aliphatic carbocycles. The van der Waals surface area contributed by atoms with E-state index in [9.17, 15) is 5.21 Å². The standard InChI is InChI=1S/C21H21BrN2O2/c22-21-14-24(25)13-19-7-6-16(10-20(19)21)15-26-9-3-8-23-11-17-4-1-2-5-18(17)12-23/h1-2,4-7,10,13-14H,3,8-9,11-12,15H2. The van der Waals surface area contributed by atoms with Crippen molar-refractivity contribution in [1.82, 2.24) is 4.90 Å². The van der Waals surface area contributed by atoms with Crippen molar-refractivity contribution in [3.63, 3.8) is 0 Å². The summed E-state index contributed by atoms with van der Waals surface area (Å²) in [6.45, 7) is 4.50. The highest BCUT2D eigenvalue weighted by Gasteiger charge is 2.17. The van der Waals surface area contributed by atoms with Crippen molar-refractivity contribution in [1.29, 1.82) is 0 Å². The highest BCUT2D eigenvalue weighted by molar-refractivity contribution is 9.10. The summed E-state index contributed by atoms with van der Waals surface area (Å²) in [5, 5.41) is 13.4. The highest BCUT2D eigenvalue weighted by atomic mass is 79.9. The van der Waals surface area contributed by atoms with Crippen LogP contribution < -0.4 is 4.73 Å². The Morgan fingerprint density at radius 2 is 1.85 bits per heavy atom. The Morgan fingerprint density at radius 1 is 1.08 bits per heavy atom. The van der Waals surface area contributed by atoms with Crippen molar-refractivity contribution in [3.8, 4) is 0 Å². The van der Waals surface area contributed by atoms with Crippen molar-refractivity contribution in [2.45, 2.75) is 26.1 Å². The normalized spacial score (nSPS) is 14.0. The van der Waals surface area contributed by atoms with Gasteiger partial charge in [0.1, 0.15) is 0 Å². The fourth-order valence-corrected chi connectivity index (χ4v) is 4.06. The van der Waals surface area contributed by atoms with Crippen LogP contribution in [0.4, 0.5) is 0 Å². The number of nitrogens with zero attached hydrogens (tertiary/aromatic N) is 2. The summed E-state index contributed by atoms with van der Waals surface area (Å²) < 4.78 is 7.48. The van der Waals surface area contributed by atoms with Crippen LogP contribution in [0.1, 0.15) is 23.1 Å². The molecule has 0 saturated carbocycles. The molecule has 5 heteroatoms. The van der Waals surface area contributed by atoms with E-state index in [1.807, 2.05) is 12.1 Å². The number of ether oxygens (including phenoxy) is 1. The van der Waals surface area contributed by atoms with Crippen LogP contribution in [0.15, 0.2) is 59.3 Å². The monoisotopic (exact) mass is 412 g/mol. The van der Waals surface area contributed by atoms with Gasteiger partial charge in [0, 0.05) is 37.0 Å². The molecular weight excluding hydrogens is 392 g/mol. The van der Waals surface area contributed by atoms with Crippen LogP contribution >= 0.6 is 15.9 Å². The summed E-state index contributed by atoms with van der Waals surface area (Å²) in [7, 11) is 0. The van der Waals surface area contributed by atoms with Gasteiger partial charge in [-0.1, -0.05) is 30.3 Å². The molecule has 0 fully saturated rings. The van der Waals surface area contributed by atoms with Gasteiger partial charge >= 0.3 is 0 Å². The molecule has 0 unspecified atom stereocenters. The maximum atomic E-state index is 11.5. The molecule has 1 aromatic heterocycles. The lowest BCUT2D eigenvalue weighted by Gasteiger charge is -2.14. The molecule has 3 aromatic rings. The Morgan fingerprint density at radius 3 is 2.62 bits per heavy atom. The van der Waals surface area contributed by atoms with E-state index in [0.717, 1.165) is 58.2 Å². The molecule has 4 nitrogen and oxygen atoms in total. The lowest BCUT2D eigenvalue weighted by molar-refractivity contribution is -0.604. The van der Waals surface area contributed by atoms with Gasteiger partial charge in [0.25, 0.3) is 0 Å². The van der Waals surface area contributed by atoms with Gasteiger partial charge in [-0.15, -0.1) is 0 Å². The zero-order chi connectivity index (χ0) is 17.9. The van der Waals surface area contributed by atoms with Gasteiger partial charge in [-0.2, -0.15) is 4.73 Å². The predicted octanol–water partition coefficient (Wildman–Crippen LogP) is 4.16. The molecule has 1 aliphatic heterocycles. The molecule has 1 aliphatic rings. The first-order chi connectivity index (χ1) is 12.7. The van der Waals surface area contributed by atoms with E-state index in [2.05, 4.69) is 51.2 Å². The van der Waals surface area contributed by atoms with Crippen LogP contribution in [0.25, 0.3) is 10.8 Å². The molecule has 0 radical (unpaired) electrons. The maximum Gasteiger partial charge on any atom is 0.195 e. The number of hydrogen-bond donors (Lipinski definition) is 0. The second-order valence-corrected chi connectivity index (χ2v) is 7.63. The third-order valence-electron chi connectivity index (χ3n) is 4.82. The summed E-state index contributed by atoms with van der Waals surface area (Å²) in [5.74, 6) is 0. The molecular formula is C21H21BrN2O2. The minimum atomic E-state index is 0.592. The number of fused-ring (bicyclic) bond motifs is 2. The first kappa shape index (κ1) is 17.5. The van der Waals surface area contributed by atoms with E-state index in [0.29, 0.717) is 6.61 Å². The van der Waals surface area contributed by atoms with E-state index in [-0.39, 0.29) is 0 Å². The predicted molar refractivity (Wildman–Crippen MR) is 105 cm³/mol. The number of aromatic nitrogens is 1. The first-order valence-electron chi connectivity index (χ1n) is 8.87. The van der Waals surface area contributed by atoms with Gasteiger partial charge < -0.3 is 9.94 Å². The summed E-state index contributed by atoms with van der Waals surface area (Å²) in [4.78, 5) is 2.47. The first-order valence-corrected chi connectivity index (χ1v) is 9.66. The van der Waals surface area contributed by atoms with Gasteiger partial charge in [-0.3, -0.25) is 4.90 Å². The van der Waals surface area contributed by atoms with Gasteiger partial charge in [0.15, 0.2) is 12.4 Å². The summed E-state index contributed by atoms with van der Waals surface area (Å²) in [6.07, 6.45) is 4.14. The number of benzene rings is 2. The Bertz CT molecular complexity index is 904. The van der Waals surface area contributed by atoms with E-state index >= 15 is 0 Å². The molecule has 0 N–H and O–H groups in total. The van der Waals surface area contributed by atoms with Crippen molar-refractivity contribution >= 4 is 26.7 Å².